The molecule has 7 nitrogen and oxygen atoms in total. The Bertz CT molecular complexity index is 1510. The van der Waals surface area contributed by atoms with Crippen molar-refractivity contribution in [3.63, 3.8) is 0 Å². The zero-order valence-electron chi connectivity index (χ0n) is 16.6. The summed E-state index contributed by atoms with van der Waals surface area (Å²) in [6.07, 6.45) is 3.27. The third kappa shape index (κ3) is 3.79. The van der Waals surface area contributed by atoms with E-state index in [1.54, 1.807) is 36.5 Å². The molecule has 0 bridgehead atoms. The van der Waals surface area contributed by atoms with Crippen molar-refractivity contribution in [1.29, 1.82) is 0 Å². The number of hydrogen-bond donors (Lipinski definition) is 1. The molecule has 0 unspecified atom stereocenters. The van der Waals surface area contributed by atoms with Gasteiger partial charge in [0.1, 0.15) is 11.6 Å². The number of H-pyrrole nitrogens is 1. The average Bonchev–Trinajstić information content (AvgIpc) is 3.10. The van der Waals surface area contributed by atoms with Gasteiger partial charge in [-0.25, -0.2) is 12.8 Å². The molecule has 0 spiro atoms. The summed E-state index contributed by atoms with van der Waals surface area (Å²) in [5.74, 6) is -0.590. The molecule has 32 heavy (non-hydrogen) atoms. The molecule has 5 rings (SSSR count). The first-order valence-electron chi connectivity index (χ1n) is 9.68. The summed E-state index contributed by atoms with van der Waals surface area (Å²) >= 11 is 6.48. The predicted octanol–water partition coefficient (Wildman–Crippen LogP) is 3.79. The number of aromatic nitrogens is 2. The summed E-state index contributed by atoms with van der Waals surface area (Å²) in [6.45, 7) is 0.0362. The molecule has 164 valence electrons. The lowest BCUT2D eigenvalue weighted by Crippen LogP contribution is -2.32. The van der Waals surface area contributed by atoms with Crippen LogP contribution in [-0.4, -0.2) is 28.2 Å². The maximum absolute atomic E-state index is 13.6. The van der Waals surface area contributed by atoms with Gasteiger partial charge in [-0.2, -0.15) is 4.31 Å². The zero-order chi connectivity index (χ0) is 22.5. The van der Waals surface area contributed by atoms with E-state index in [1.165, 1.54) is 28.7 Å². The van der Waals surface area contributed by atoms with E-state index in [9.17, 15) is 17.6 Å². The molecule has 0 amide bonds. The molecular weight excluding hydrogens is 457 g/mol. The highest BCUT2D eigenvalue weighted by atomic mass is 35.5. The van der Waals surface area contributed by atoms with Crippen molar-refractivity contribution >= 4 is 32.5 Å². The maximum Gasteiger partial charge on any atom is 0.250 e. The molecule has 0 aliphatic carbocycles. The summed E-state index contributed by atoms with van der Waals surface area (Å²) < 4.78 is 47.9. The number of halogens is 2. The zero-order valence-corrected chi connectivity index (χ0v) is 18.2. The average molecular weight is 474 g/mol. The van der Waals surface area contributed by atoms with Crippen LogP contribution in [0.4, 0.5) is 4.39 Å². The second-order valence-corrected chi connectivity index (χ2v) is 9.83. The third-order valence-corrected chi connectivity index (χ3v) is 7.07. The van der Waals surface area contributed by atoms with Crippen molar-refractivity contribution in [2.45, 2.75) is 13.1 Å². The summed E-state index contributed by atoms with van der Waals surface area (Å²) in [6, 6.07) is 12.8. The Morgan fingerprint density at radius 1 is 1.12 bits per heavy atom. The fourth-order valence-electron chi connectivity index (χ4n) is 3.83. The van der Waals surface area contributed by atoms with E-state index in [-0.39, 0.29) is 29.5 Å². The third-order valence-electron chi connectivity index (χ3n) is 5.33. The smallest absolute Gasteiger partial charge is 0.250 e. The number of ether oxygens (including phenoxy) is 1. The number of nitrogens with zero attached hydrogens (tertiary/aromatic N) is 2. The Hall–Kier alpha value is -3.14. The van der Waals surface area contributed by atoms with Crippen LogP contribution in [0, 0.1) is 5.82 Å². The van der Waals surface area contributed by atoms with Crippen molar-refractivity contribution in [3.05, 3.63) is 93.2 Å². The Morgan fingerprint density at radius 3 is 2.78 bits per heavy atom. The van der Waals surface area contributed by atoms with Crippen LogP contribution in [0.5, 0.6) is 5.75 Å². The molecule has 1 N–H and O–H groups in total. The lowest BCUT2D eigenvalue weighted by molar-refractivity contribution is 0.363. The van der Waals surface area contributed by atoms with Gasteiger partial charge in [-0.15, -0.1) is 0 Å². The van der Waals surface area contributed by atoms with Crippen molar-refractivity contribution in [2.24, 2.45) is 0 Å². The molecule has 1 aliphatic heterocycles. The molecule has 0 fully saturated rings. The predicted molar refractivity (Wildman–Crippen MR) is 119 cm³/mol. The number of rotatable bonds is 3. The monoisotopic (exact) mass is 473 g/mol. The van der Waals surface area contributed by atoms with Gasteiger partial charge in [0.15, 0.2) is 0 Å². The van der Waals surface area contributed by atoms with E-state index in [0.717, 1.165) is 10.9 Å². The Kier molecular flexibility index (Phi) is 5.04. The molecule has 0 radical (unpaired) electrons. The lowest BCUT2D eigenvalue weighted by Gasteiger charge is -2.19. The highest BCUT2D eigenvalue weighted by molar-refractivity contribution is 7.88. The fourth-order valence-corrected chi connectivity index (χ4v) is 5.22. The first kappa shape index (κ1) is 20.7. The van der Waals surface area contributed by atoms with Crippen LogP contribution < -0.4 is 10.3 Å². The molecule has 10 heteroatoms. The largest absolute Gasteiger partial charge is 0.474 e. The van der Waals surface area contributed by atoms with Crippen LogP contribution in [0.15, 0.2) is 65.7 Å². The van der Waals surface area contributed by atoms with Gasteiger partial charge in [-0.05, 0) is 48.0 Å². The van der Waals surface area contributed by atoms with E-state index in [2.05, 4.69) is 4.98 Å². The van der Waals surface area contributed by atoms with Crippen LogP contribution in [0.25, 0.3) is 16.6 Å². The second kappa shape index (κ2) is 7.77. The molecule has 2 aromatic heterocycles. The van der Waals surface area contributed by atoms with Crippen molar-refractivity contribution in [3.8, 4) is 11.4 Å². The number of benzene rings is 2. The van der Waals surface area contributed by atoms with Crippen LogP contribution in [0.3, 0.4) is 0 Å². The highest BCUT2D eigenvalue weighted by Crippen LogP contribution is 2.36. The van der Waals surface area contributed by atoms with Crippen molar-refractivity contribution < 1.29 is 17.5 Å². The van der Waals surface area contributed by atoms with Crippen molar-refractivity contribution in [2.75, 3.05) is 5.94 Å². The standard InChI is InChI=1S/C22H17ClFN3O4S/c23-19-10-18(27-6-4-15-8-17(24)1-2-20(15)27)9-16-12-26(32(29,30)13-31-22(16)19)11-14-3-5-25-21(28)7-14/h1-10H,11-13H2,(H,25,28). The van der Waals surface area contributed by atoms with Crippen LogP contribution in [-0.2, 0) is 23.1 Å². The molecule has 1 aliphatic rings. The molecule has 0 atom stereocenters. The molecule has 4 aromatic rings. The summed E-state index contributed by atoms with van der Waals surface area (Å²) in [5.41, 5.74) is 2.30. The van der Waals surface area contributed by atoms with E-state index >= 15 is 0 Å². The molecular formula is C22H17ClFN3O4S. The van der Waals surface area contributed by atoms with Crippen molar-refractivity contribution in [1.82, 2.24) is 13.9 Å². The fraction of sp³-hybridized carbons (Fsp3) is 0.136. The van der Waals surface area contributed by atoms with E-state index in [0.29, 0.717) is 22.6 Å². The molecule has 2 aromatic carbocycles. The Balaban J connectivity index is 1.57. The minimum Gasteiger partial charge on any atom is -0.474 e. The normalized spacial score (nSPS) is 15.8. The summed E-state index contributed by atoms with van der Waals surface area (Å²) in [7, 11) is -3.77. The van der Waals surface area contributed by atoms with Gasteiger partial charge < -0.3 is 14.3 Å². The van der Waals surface area contributed by atoms with E-state index < -0.39 is 16.0 Å². The van der Waals surface area contributed by atoms with Crippen LogP contribution >= 0.6 is 11.6 Å². The van der Waals surface area contributed by atoms with Gasteiger partial charge in [-0.3, -0.25) is 4.79 Å². The van der Waals surface area contributed by atoms with Gasteiger partial charge in [-0.1, -0.05) is 11.6 Å². The van der Waals surface area contributed by atoms with Crippen LogP contribution in [0.2, 0.25) is 5.02 Å². The van der Waals surface area contributed by atoms with Gasteiger partial charge in [0.25, 0.3) is 0 Å². The van der Waals surface area contributed by atoms with Gasteiger partial charge in [0.05, 0.1) is 10.5 Å². The summed E-state index contributed by atoms with van der Waals surface area (Å²) in [4.78, 5) is 14.1. The van der Waals surface area contributed by atoms with E-state index in [4.69, 9.17) is 16.3 Å². The quantitative estimate of drug-likeness (QED) is 0.490. The maximum atomic E-state index is 13.6. The molecule has 0 saturated carbocycles. The number of aromatic amines is 1. The molecule has 0 saturated heterocycles. The van der Waals surface area contributed by atoms with Crippen LogP contribution in [0.1, 0.15) is 11.1 Å². The number of sulfonamides is 1. The highest BCUT2D eigenvalue weighted by Gasteiger charge is 2.30. The SMILES string of the molecule is O=c1cc(CN2Cc3cc(-n4ccc5cc(F)ccc54)cc(Cl)c3OCS2(=O)=O)cc[nH]1. The number of pyridine rings is 1. The first-order valence-corrected chi connectivity index (χ1v) is 11.7. The Morgan fingerprint density at radius 2 is 1.97 bits per heavy atom. The minimum absolute atomic E-state index is 0.0165. The number of fused-ring (bicyclic) bond motifs is 2. The van der Waals surface area contributed by atoms with Gasteiger partial charge in [0.2, 0.25) is 21.5 Å². The molecule has 3 heterocycles. The topological polar surface area (TPSA) is 84.4 Å². The first-order chi connectivity index (χ1) is 15.3. The van der Waals surface area contributed by atoms with Gasteiger partial charge >= 0.3 is 0 Å². The summed E-state index contributed by atoms with van der Waals surface area (Å²) in [5, 5.41) is 1.00. The van der Waals surface area contributed by atoms with E-state index in [1.807, 2.05) is 4.57 Å². The minimum atomic E-state index is -3.77. The number of hydrogen-bond acceptors (Lipinski definition) is 4. The van der Waals surface area contributed by atoms with Gasteiger partial charge in [0, 0.05) is 48.2 Å². The lowest BCUT2D eigenvalue weighted by atomic mass is 10.1. The Labute approximate surface area is 187 Å². The number of nitrogens with one attached hydrogen (secondary N) is 1. The second-order valence-electron chi connectivity index (χ2n) is 7.51.